The second-order valence-electron chi connectivity index (χ2n) is 5.89. The van der Waals surface area contributed by atoms with Crippen molar-refractivity contribution >= 4 is 15.9 Å². The Morgan fingerprint density at radius 1 is 1.26 bits per heavy atom. The predicted molar refractivity (Wildman–Crippen MR) is 80.1 cm³/mol. The molecule has 1 aromatic heterocycles. The van der Waals surface area contributed by atoms with Crippen LogP contribution in [-0.2, 0) is 13.6 Å². The Bertz CT molecular complexity index is 457. The van der Waals surface area contributed by atoms with E-state index in [0.29, 0.717) is 0 Å². The minimum Gasteiger partial charge on any atom is -0.299 e. The van der Waals surface area contributed by atoms with Gasteiger partial charge in [-0.2, -0.15) is 5.10 Å². The second kappa shape index (κ2) is 5.54. The number of aromatic nitrogens is 2. The number of fused-ring (bicyclic) bond motifs is 1. The largest absolute Gasteiger partial charge is 0.299 e. The van der Waals surface area contributed by atoms with Crippen LogP contribution in [0.5, 0.6) is 0 Å². The van der Waals surface area contributed by atoms with Crippen molar-refractivity contribution in [1.29, 1.82) is 0 Å². The first-order chi connectivity index (χ1) is 9.15. The van der Waals surface area contributed by atoms with Gasteiger partial charge < -0.3 is 0 Å². The summed E-state index contributed by atoms with van der Waals surface area (Å²) in [6.45, 7) is 8.11. The van der Waals surface area contributed by atoms with Crippen LogP contribution in [0.1, 0.15) is 30.7 Å². The van der Waals surface area contributed by atoms with Crippen molar-refractivity contribution < 1.29 is 0 Å². The highest BCUT2D eigenvalue weighted by molar-refractivity contribution is 9.10. The number of aryl methyl sites for hydroxylation is 2. The smallest absolute Gasteiger partial charge is 0.0739 e. The van der Waals surface area contributed by atoms with Crippen molar-refractivity contribution in [3.63, 3.8) is 0 Å². The third kappa shape index (κ3) is 2.73. The summed E-state index contributed by atoms with van der Waals surface area (Å²) in [7, 11) is 2.05. The van der Waals surface area contributed by atoms with Crippen molar-refractivity contribution in [2.24, 2.45) is 7.05 Å². The van der Waals surface area contributed by atoms with Crippen LogP contribution in [0.25, 0.3) is 0 Å². The van der Waals surface area contributed by atoms with Crippen molar-refractivity contribution in [3.05, 3.63) is 15.9 Å². The van der Waals surface area contributed by atoms with E-state index in [2.05, 4.69) is 37.8 Å². The maximum atomic E-state index is 4.50. The van der Waals surface area contributed by atoms with E-state index in [4.69, 9.17) is 0 Å². The van der Waals surface area contributed by atoms with Gasteiger partial charge in [-0.3, -0.25) is 14.5 Å². The molecule has 2 aliphatic rings. The molecule has 1 aromatic rings. The van der Waals surface area contributed by atoms with Gasteiger partial charge in [0.1, 0.15) is 0 Å². The zero-order valence-corrected chi connectivity index (χ0v) is 13.5. The maximum Gasteiger partial charge on any atom is 0.0739 e. The number of nitrogens with zero attached hydrogens (tertiary/aromatic N) is 4. The van der Waals surface area contributed by atoms with E-state index in [9.17, 15) is 0 Å². The van der Waals surface area contributed by atoms with E-state index in [1.807, 2.05) is 11.7 Å². The van der Waals surface area contributed by atoms with Crippen LogP contribution in [0.4, 0.5) is 0 Å². The minimum absolute atomic E-state index is 0.788. The summed E-state index contributed by atoms with van der Waals surface area (Å²) in [5, 5.41) is 4.50. The third-order valence-electron chi connectivity index (χ3n) is 4.52. The Balaban J connectivity index is 1.72. The summed E-state index contributed by atoms with van der Waals surface area (Å²) < 4.78 is 3.21. The van der Waals surface area contributed by atoms with Crippen molar-refractivity contribution in [3.8, 4) is 0 Å². The lowest BCUT2D eigenvalue weighted by Gasteiger charge is -2.25. The summed E-state index contributed by atoms with van der Waals surface area (Å²) >= 11 is 3.68. The standard InChI is InChI=1S/C14H23BrN4/c1-11-14(15)13(17(2)16-11)10-18-6-4-8-19-7-3-5-12(19)9-18/h12H,3-10H2,1-2H3. The SMILES string of the molecule is Cc1nn(C)c(CN2CCCN3CCCC3C2)c1Br. The highest BCUT2D eigenvalue weighted by Gasteiger charge is 2.29. The number of hydrogen-bond acceptors (Lipinski definition) is 3. The molecule has 0 radical (unpaired) electrons. The lowest BCUT2D eigenvalue weighted by atomic mass is 10.2. The van der Waals surface area contributed by atoms with E-state index < -0.39 is 0 Å². The molecular weight excluding hydrogens is 304 g/mol. The summed E-state index contributed by atoms with van der Waals surface area (Å²) in [5.41, 5.74) is 2.40. The Morgan fingerprint density at radius 3 is 2.79 bits per heavy atom. The molecule has 0 N–H and O–H groups in total. The van der Waals surface area contributed by atoms with Crippen LogP contribution in [0.3, 0.4) is 0 Å². The third-order valence-corrected chi connectivity index (χ3v) is 5.55. The molecule has 3 rings (SSSR count). The quantitative estimate of drug-likeness (QED) is 0.832. The van der Waals surface area contributed by atoms with Gasteiger partial charge in [-0.15, -0.1) is 0 Å². The van der Waals surface area contributed by atoms with Crippen molar-refractivity contribution in [1.82, 2.24) is 19.6 Å². The molecule has 4 nitrogen and oxygen atoms in total. The fourth-order valence-corrected chi connectivity index (χ4v) is 3.95. The molecule has 0 saturated carbocycles. The van der Waals surface area contributed by atoms with Gasteiger partial charge in [-0.1, -0.05) is 0 Å². The molecule has 0 amide bonds. The van der Waals surface area contributed by atoms with Crippen LogP contribution >= 0.6 is 15.9 Å². The Morgan fingerprint density at radius 2 is 2.05 bits per heavy atom. The molecule has 19 heavy (non-hydrogen) atoms. The van der Waals surface area contributed by atoms with Crippen LogP contribution in [-0.4, -0.2) is 51.8 Å². The minimum atomic E-state index is 0.788. The summed E-state index contributed by atoms with van der Waals surface area (Å²) in [6.07, 6.45) is 4.06. The zero-order chi connectivity index (χ0) is 13.4. The van der Waals surface area contributed by atoms with Gasteiger partial charge in [0, 0.05) is 26.2 Å². The highest BCUT2D eigenvalue weighted by atomic mass is 79.9. The van der Waals surface area contributed by atoms with E-state index in [0.717, 1.165) is 18.3 Å². The molecule has 5 heteroatoms. The molecular formula is C14H23BrN4. The average molecular weight is 327 g/mol. The maximum absolute atomic E-state index is 4.50. The zero-order valence-electron chi connectivity index (χ0n) is 11.9. The molecule has 2 fully saturated rings. The molecule has 106 valence electrons. The first-order valence-corrected chi connectivity index (χ1v) is 8.09. The Kier molecular flexibility index (Phi) is 3.96. The molecule has 0 bridgehead atoms. The lowest BCUT2D eigenvalue weighted by Crippen LogP contribution is -2.36. The van der Waals surface area contributed by atoms with E-state index >= 15 is 0 Å². The van der Waals surface area contributed by atoms with Crippen LogP contribution < -0.4 is 0 Å². The normalized spacial score (nSPS) is 25.5. The number of rotatable bonds is 2. The topological polar surface area (TPSA) is 24.3 Å². The van der Waals surface area contributed by atoms with Gasteiger partial charge in [0.25, 0.3) is 0 Å². The van der Waals surface area contributed by atoms with Crippen molar-refractivity contribution in [2.45, 2.75) is 38.8 Å². The highest BCUT2D eigenvalue weighted by Crippen LogP contribution is 2.25. The van der Waals surface area contributed by atoms with Crippen LogP contribution in [0.2, 0.25) is 0 Å². The fraction of sp³-hybridized carbons (Fsp3) is 0.786. The van der Waals surface area contributed by atoms with E-state index in [1.165, 1.54) is 55.6 Å². The monoisotopic (exact) mass is 326 g/mol. The average Bonchev–Trinajstić information content (AvgIpc) is 2.83. The van der Waals surface area contributed by atoms with Gasteiger partial charge in [0.05, 0.1) is 15.9 Å². The van der Waals surface area contributed by atoms with E-state index in [1.54, 1.807) is 0 Å². The summed E-state index contributed by atoms with van der Waals surface area (Å²) in [5.74, 6) is 0. The molecule has 0 aromatic carbocycles. The molecule has 0 spiro atoms. The first-order valence-electron chi connectivity index (χ1n) is 7.29. The predicted octanol–water partition coefficient (Wildman–Crippen LogP) is 2.16. The Hall–Kier alpha value is -0.390. The fourth-order valence-electron chi connectivity index (χ4n) is 3.49. The molecule has 3 heterocycles. The molecule has 0 aliphatic carbocycles. The van der Waals surface area contributed by atoms with Gasteiger partial charge >= 0.3 is 0 Å². The lowest BCUT2D eigenvalue weighted by molar-refractivity contribution is 0.212. The molecule has 1 unspecified atom stereocenters. The van der Waals surface area contributed by atoms with Gasteiger partial charge in [0.2, 0.25) is 0 Å². The molecule has 1 atom stereocenters. The van der Waals surface area contributed by atoms with E-state index in [-0.39, 0.29) is 0 Å². The summed E-state index contributed by atoms with van der Waals surface area (Å²) in [6, 6.07) is 0.788. The van der Waals surface area contributed by atoms with Crippen LogP contribution in [0.15, 0.2) is 4.47 Å². The Labute approximate surface area is 123 Å². The molecule has 2 aliphatic heterocycles. The number of hydrogen-bond donors (Lipinski definition) is 0. The summed E-state index contributed by atoms with van der Waals surface area (Å²) in [4.78, 5) is 5.29. The number of halogens is 1. The van der Waals surface area contributed by atoms with Crippen molar-refractivity contribution in [2.75, 3.05) is 26.2 Å². The molecule has 2 saturated heterocycles. The van der Waals surface area contributed by atoms with Crippen LogP contribution in [0, 0.1) is 6.92 Å². The van der Waals surface area contributed by atoms with Gasteiger partial charge in [0.15, 0.2) is 0 Å². The second-order valence-corrected chi connectivity index (χ2v) is 6.68. The van der Waals surface area contributed by atoms with Gasteiger partial charge in [-0.05, 0) is 61.8 Å². The van der Waals surface area contributed by atoms with Gasteiger partial charge in [-0.25, -0.2) is 0 Å². The first kappa shape index (κ1) is 13.6.